The van der Waals surface area contributed by atoms with E-state index in [4.69, 9.17) is 9.47 Å². The van der Waals surface area contributed by atoms with E-state index < -0.39 is 11.0 Å². The largest absolute Gasteiger partial charge is 0.493 e. The highest BCUT2D eigenvalue weighted by Crippen LogP contribution is 2.36. The molecule has 1 N–H and O–H groups in total. The Balaban J connectivity index is 1.85. The van der Waals surface area contributed by atoms with Gasteiger partial charge in [0.25, 0.3) is 5.69 Å². The smallest absolute Gasteiger partial charge is 0.276 e. The van der Waals surface area contributed by atoms with Crippen LogP contribution in [0.25, 0.3) is 11.1 Å². The second kappa shape index (κ2) is 9.07. The number of methoxy groups -OCH3 is 2. The maximum absolute atomic E-state index is 11.5. The molecule has 0 aromatic heterocycles. The van der Waals surface area contributed by atoms with E-state index in [-0.39, 0.29) is 17.9 Å². The molecule has 3 aromatic carbocycles. The van der Waals surface area contributed by atoms with Crippen LogP contribution in [0.2, 0.25) is 0 Å². The molecule has 0 amide bonds. The molecule has 0 bridgehead atoms. The Morgan fingerprint density at radius 2 is 1.48 bits per heavy atom. The summed E-state index contributed by atoms with van der Waals surface area (Å²) in [6.07, 6.45) is -0.820. The molecular weight excluding hydrogens is 438 g/mol. The second-order valence-electron chi connectivity index (χ2n) is 6.44. The molecule has 1 atom stereocenters. The lowest BCUT2D eigenvalue weighted by atomic mass is 9.97. The molecule has 0 aliphatic carbocycles. The van der Waals surface area contributed by atoms with Gasteiger partial charge in [0.1, 0.15) is 0 Å². The van der Waals surface area contributed by atoms with E-state index in [1.807, 2.05) is 48.5 Å². The van der Waals surface area contributed by atoms with Crippen molar-refractivity contribution in [2.24, 2.45) is 0 Å². The number of aliphatic hydroxyl groups excluding tert-OH is 1. The lowest BCUT2D eigenvalue weighted by Gasteiger charge is -2.14. The molecule has 0 heterocycles. The highest BCUT2D eigenvalue weighted by atomic mass is 79.9. The van der Waals surface area contributed by atoms with Crippen molar-refractivity contribution in [3.63, 3.8) is 0 Å². The molecule has 29 heavy (non-hydrogen) atoms. The van der Waals surface area contributed by atoms with Crippen LogP contribution < -0.4 is 9.47 Å². The first-order valence-corrected chi connectivity index (χ1v) is 9.65. The van der Waals surface area contributed by atoms with Crippen molar-refractivity contribution in [3.8, 4) is 22.6 Å². The number of hydrogen-bond acceptors (Lipinski definition) is 5. The third-order valence-electron chi connectivity index (χ3n) is 4.67. The molecule has 7 heteroatoms. The highest BCUT2D eigenvalue weighted by molar-refractivity contribution is 9.10. The predicted octanol–water partition coefficient (Wildman–Crippen LogP) is 5.32. The third kappa shape index (κ3) is 4.75. The van der Waals surface area contributed by atoms with Crippen molar-refractivity contribution < 1.29 is 19.5 Å². The van der Waals surface area contributed by atoms with E-state index in [1.54, 1.807) is 0 Å². The molecule has 0 aliphatic rings. The van der Waals surface area contributed by atoms with Gasteiger partial charge < -0.3 is 14.6 Å². The zero-order valence-corrected chi connectivity index (χ0v) is 17.5. The minimum atomic E-state index is -0.897. The second-order valence-corrected chi connectivity index (χ2v) is 7.36. The van der Waals surface area contributed by atoms with Gasteiger partial charge in [-0.25, -0.2) is 0 Å². The van der Waals surface area contributed by atoms with Gasteiger partial charge >= 0.3 is 0 Å². The highest BCUT2D eigenvalue weighted by Gasteiger charge is 2.22. The SMILES string of the molecule is COc1cc(CC(O)c2ccc(-c3ccc(Br)cc3)cc2)c([N+](=O)[O-])cc1OC. The van der Waals surface area contributed by atoms with Crippen LogP contribution in [-0.4, -0.2) is 24.2 Å². The monoisotopic (exact) mass is 457 g/mol. The minimum absolute atomic E-state index is 0.0777. The maximum Gasteiger partial charge on any atom is 0.276 e. The average molecular weight is 458 g/mol. The quantitative estimate of drug-likeness (QED) is 0.383. The Kier molecular flexibility index (Phi) is 6.51. The summed E-state index contributed by atoms with van der Waals surface area (Å²) < 4.78 is 11.4. The van der Waals surface area contributed by atoms with Gasteiger partial charge in [-0.15, -0.1) is 0 Å². The molecule has 0 saturated carbocycles. The van der Waals surface area contributed by atoms with E-state index in [0.717, 1.165) is 15.6 Å². The maximum atomic E-state index is 11.5. The fraction of sp³-hybridized carbons (Fsp3) is 0.182. The fourth-order valence-corrected chi connectivity index (χ4v) is 3.37. The van der Waals surface area contributed by atoms with Crippen LogP contribution in [0.3, 0.4) is 0 Å². The molecule has 3 rings (SSSR count). The summed E-state index contributed by atoms with van der Waals surface area (Å²) in [7, 11) is 2.88. The molecule has 0 radical (unpaired) electrons. The van der Waals surface area contributed by atoms with E-state index in [0.29, 0.717) is 16.9 Å². The zero-order valence-electron chi connectivity index (χ0n) is 16.0. The number of nitrogens with zero attached hydrogens (tertiary/aromatic N) is 1. The summed E-state index contributed by atoms with van der Waals surface area (Å²) in [5.74, 6) is 0.655. The van der Waals surface area contributed by atoms with Gasteiger partial charge in [0.05, 0.1) is 31.3 Å². The van der Waals surface area contributed by atoms with Crippen molar-refractivity contribution in [3.05, 3.63) is 86.4 Å². The molecular formula is C22H20BrNO5. The van der Waals surface area contributed by atoms with Gasteiger partial charge in [-0.3, -0.25) is 10.1 Å². The molecule has 150 valence electrons. The Morgan fingerprint density at radius 1 is 0.966 bits per heavy atom. The zero-order chi connectivity index (χ0) is 21.0. The number of aliphatic hydroxyl groups is 1. The number of benzene rings is 3. The Morgan fingerprint density at radius 3 is 2.00 bits per heavy atom. The van der Waals surface area contributed by atoms with Crippen molar-refractivity contribution in [1.82, 2.24) is 0 Å². The summed E-state index contributed by atoms with van der Waals surface area (Å²) in [5, 5.41) is 22.1. The molecule has 1 unspecified atom stereocenters. The number of nitro benzene ring substituents is 1. The minimum Gasteiger partial charge on any atom is -0.493 e. The standard InChI is InChI=1S/C22H20BrNO5/c1-28-21-12-17(19(24(26)27)13-22(21)29-2)11-20(25)16-5-3-14(4-6-16)15-7-9-18(23)10-8-15/h3-10,12-13,20,25H,11H2,1-2H3. The summed E-state index contributed by atoms with van der Waals surface area (Å²) in [6, 6.07) is 18.3. The first-order chi connectivity index (χ1) is 13.9. The van der Waals surface area contributed by atoms with Crippen LogP contribution in [-0.2, 0) is 6.42 Å². The summed E-state index contributed by atoms with van der Waals surface area (Å²) in [6.45, 7) is 0. The van der Waals surface area contributed by atoms with Crippen molar-refractivity contribution in [1.29, 1.82) is 0 Å². The van der Waals surface area contributed by atoms with Gasteiger partial charge in [0.15, 0.2) is 11.5 Å². The fourth-order valence-electron chi connectivity index (χ4n) is 3.11. The average Bonchev–Trinajstić information content (AvgIpc) is 2.73. The summed E-state index contributed by atoms with van der Waals surface area (Å²) >= 11 is 3.42. The van der Waals surface area contributed by atoms with Gasteiger partial charge in [0.2, 0.25) is 0 Å². The van der Waals surface area contributed by atoms with Gasteiger partial charge in [0, 0.05) is 16.5 Å². The molecule has 0 spiro atoms. The van der Waals surface area contributed by atoms with Gasteiger partial charge in [-0.2, -0.15) is 0 Å². The molecule has 0 aliphatic heterocycles. The van der Waals surface area contributed by atoms with Crippen LogP contribution in [0.1, 0.15) is 17.2 Å². The van der Waals surface area contributed by atoms with E-state index in [1.165, 1.54) is 26.4 Å². The lowest BCUT2D eigenvalue weighted by Crippen LogP contribution is -2.05. The topological polar surface area (TPSA) is 81.8 Å². The number of nitro groups is 1. The number of ether oxygens (including phenoxy) is 2. The normalized spacial score (nSPS) is 11.7. The van der Waals surface area contributed by atoms with Crippen molar-refractivity contribution in [2.75, 3.05) is 14.2 Å². The molecule has 3 aromatic rings. The lowest BCUT2D eigenvalue weighted by molar-refractivity contribution is -0.385. The van der Waals surface area contributed by atoms with Crippen LogP contribution in [0.15, 0.2) is 65.1 Å². The molecule has 0 fully saturated rings. The number of halogens is 1. The predicted molar refractivity (Wildman–Crippen MR) is 114 cm³/mol. The number of rotatable bonds is 7. The van der Waals surface area contributed by atoms with Crippen LogP contribution >= 0.6 is 15.9 Å². The Hall–Kier alpha value is -2.90. The van der Waals surface area contributed by atoms with Crippen molar-refractivity contribution in [2.45, 2.75) is 12.5 Å². The van der Waals surface area contributed by atoms with E-state index in [2.05, 4.69) is 15.9 Å². The first-order valence-electron chi connectivity index (χ1n) is 8.86. The third-order valence-corrected chi connectivity index (χ3v) is 5.20. The molecule has 0 saturated heterocycles. The van der Waals surface area contributed by atoms with Crippen molar-refractivity contribution >= 4 is 21.6 Å². The van der Waals surface area contributed by atoms with Gasteiger partial charge in [-0.05, 0) is 34.9 Å². The first kappa shape index (κ1) is 20.8. The Labute approximate surface area is 177 Å². The summed E-state index contributed by atoms with van der Waals surface area (Å²) in [5.41, 5.74) is 3.01. The number of hydrogen-bond donors (Lipinski definition) is 1. The molecule has 6 nitrogen and oxygen atoms in total. The van der Waals surface area contributed by atoms with Crippen LogP contribution in [0, 0.1) is 10.1 Å². The van der Waals surface area contributed by atoms with Crippen LogP contribution in [0.5, 0.6) is 11.5 Å². The van der Waals surface area contributed by atoms with Crippen LogP contribution in [0.4, 0.5) is 5.69 Å². The van der Waals surface area contributed by atoms with E-state index >= 15 is 0 Å². The van der Waals surface area contributed by atoms with E-state index in [9.17, 15) is 15.2 Å². The summed E-state index contributed by atoms with van der Waals surface area (Å²) in [4.78, 5) is 11.0. The Bertz CT molecular complexity index is 1000. The van der Waals surface area contributed by atoms with Gasteiger partial charge in [-0.1, -0.05) is 52.3 Å².